The number of amides is 2. The predicted molar refractivity (Wildman–Crippen MR) is 121 cm³/mol. The average molecular weight is 436 g/mol. The zero-order valence-corrected chi connectivity index (χ0v) is 17.5. The molecule has 2 heterocycles. The molecular weight excluding hydrogens is 413 g/mol. The fourth-order valence-corrected chi connectivity index (χ4v) is 4.17. The van der Waals surface area contributed by atoms with Gasteiger partial charge in [0.25, 0.3) is 5.91 Å². The summed E-state index contributed by atoms with van der Waals surface area (Å²) >= 11 is 1.64. The highest BCUT2D eigenvalue weighted by atomic mass is 32.1. The standard InChI is InChI=1S/C24H22FN3O2S/c25-18-9-7-16(8-10-18)23(29)28-22(24(30)26-12-11-19-4-3-13-31-19)14-17-15-27-21-6-2-1-5-20(17)21/h1-10,13,15,22,27H,11-12,14H2,(H,26,30)(H,28,29)/t22-/m0/s1. The number of hydrogen-bond donors (Lipinski definition) is 3. The van der Waals surface area contributed by atoms with E-state index in [0.29, 0.717) is 18.5 Å². The predicted octanol–water partition coefficient (Wildman–Crippen LogP) is 4.07. The van der Waals surface area contributed by atoms with Gasteiger partial charge in [-0.2, -0.15) is 0 Å². The van der Waals surface area contributed by atoms with Gasteiger partial charge in [0.05, 0.1) is 0 Å². The smallest absolute Gasteiger partial charge is 0.251 e. The number of aromatic amines is 1. The molecule has 0 spiro atoms. The molecule has 0 aliphatic carbocycles. The van der Waals surface area contributed by atoms with Crippen LogP contribution in [0.3, 0.4) is 0 Å². The minimum atomic E-state index is -0.764. The summed E-state index contributed by atoms with van der Waals surface area (Å²) in [6, 6.07) is 16.3. The third-order valence-electron chi connectivity index (χ3n) is 5.08. The molecule has 158 valence electrons. The molecular formula is C24H22FN3O2S. The molecule has 4 rings (SSSR count). The lowest BCUT2D eigenvalue weighted by Crippen LogP contribution is -2.48. The van der Waals surface area contributed by atoms with Crippen molar-refractivity contribution in [2.24, 2.45) is 0 Å². The molecule has 31 heavy (non-hydrogen) atoms. The number of halogens is 1. The Morgan fingerprint density at radius 3 is 2.61 bits per heavy atom. The van der Waals surface area contributed by atoms with Crippen molar-refractivity contribution in [3.8, 4) is 0 Å². The zero-order valence-electron chi connectivity index (χ0n) is 16.7. The number of hydrogen-bond acceptors (Lipinski definition) is 3. The van der Waals surface area contributed by atoms with E-state index in [0.717, 1.165) is 22.9 Å². The van der Waals surface area contributed by atoms with Gasteiger partial charge in [-0.25, -0.2) is 4.39 Å². The van der Waals surface area contributed by atoms with Crippen LogP contribution in [0.5, 0.6) is 0 Å². The summed E-state index contributed by atoms with van der Waals surface area (Å²) in [6.07, 6.45) is 2.93. The van der Waals surface area contributed by atoms with Gasteiger partial charge >= 0.3 is 0 Å². The minimum absolute atomic E-state index is 0.253. The molecule has 0 unspecified atom stereocenters. The molecule has 2 amide bonds. The number of aromatic nitrogens is 1. The Balaban J connectivity index is 1.49. The van der Waals surface area contributed by atoms with E-state index in [4.69, 9.17) is 0 Å². The van der Waals surface area contributed by atoms with Crippen molar-refractivity contribution in [2.75, 3.05) is 6.54 Å². The fourth-order valence-electron chi connectivity index (χ4n) is 3.46. The maximum absolute atomic E-state index is 13.2. The van der Waals surface area contributed by atoms with Crippen molar-refractivity contribution in [1.29, 1.82) is 0 Å². The van der Waals surface area contributed by atoms with Crippen molar-refractivity contribution < 1.29 is 14.0 Å². The minimum Gasteiger partial charge on any atom is -0.361 e. The number of carbonyl (C=O) groups is 2. The van der Waals surface area contributed by atoms with Crippen molar-refractivity contribution in [3.05, 3.63) is 94.1 Å². The lowest BCUT2D eigenvalue weighted by atomic mass is 10.0. The molecule has 0 aliphatic heterocycles. The Bertz CT molecular complexity index is 1170. The molecule has 0 aliphatic rings. The largest absolute Gasteiger partial charge is 0.361 e. The van der Waals surface area contributed by atoms with Crippen LogP contribution in [0.2, 0.25) is 0 Å². The molecule has 0 fully saturated rings. The third kappa shape index (κ3) is 5.19. The first-order valence-corrected chi connectivity index (χ1v) is 10.9. The molecule has 1 atom stereocenters. The molecule has 2 aromatic carbocycles. The van der Waals surface area contributed by atoms with E-state index < -0.39 is 17.8 Å². The van der Waals surface area contributed by atoms with Crippen LogP contribution in [0, 0.1) is 5.82 Å². The number of benzene rings is 2. The SMILES string of the molecule is O=C(N[C@@H](Cc1c[nH]c2ccccc12)C(=O)NCCc1cccs1)c1ccc(F)cc1. The first-order chi connectivity index (χ1) is 15.1. The second-order valence-corrected chi connectivity index (χ2v) is 8.25. The van der Waals surface area contributed by atoms with E-state index >= 15 is 0 Å². The van der Waals surface area contributed by atoms with Gasteiger partial charge in [0.2, 0.25) is 5.91 Å². The van der Waals surface area contributed by atoms with Crippen LogP contribution in [0.4, 0.5) is 4.39 Å². The van der Waals surface area contributed by atoms with Gasteiger partial charge in [-0.15, -0.1) is 11.3 Å². The summed E-state index contributed by atoms with van der Waals surface area (Å²) in [5.41, 5.74) is 2.21. The second kappa shape index (κ2) is 9.57. The summed E-state index contributed by atoms with van der Waals surface area (Å²) in [5, 5.41) is 8.75. The lowest BCUT2D eigenvalue weighted by molar-refractivity contribution is -0.122. The highest BCUT2D eigenvalue weighted by Gasteiger charge is 2.23. The van der Waals surface area contributed by atoms with Gasteiger partial charge in [-0.1, -0.05) is 24.3 Å². The summed E-state index contributed by atoms with van der Waals surface area (Å²) in [6.45, 7) is 0.482. The maximum Gasteiger partial charge on any atom is 0.251 e. The third-order valence-corrected chi connectivity index (χ3v) is 6.01. The first-order valence-electron chi connectivity index (χ1n) is 10.0. The average Bonchev–Trinajstić information content (AvgIpc) is 3.44. The van der Waals surface area contributed by atoms with Crippen LogP contribution < -0.4 is 10.6 Å². The summed E-state index contributed by atoms with van der Waals surface area (Å²) in [4.78, 5) is 30.1. The molecule has 4 aromatic rings. The van der Waals surface area contributed by atoms with Crippen molar-refractivity contribution >= 4 is 34.1 Å². The first kappa shape index (κ1) is 20.8. The Morgan fingerprint density at radius 1 is 1.03 bits per heavy atom. The van der Waals surface area contributed by atoms with Crippen molar-refractivity contribution in [2.45, 2.75) is 18.9 Å². The summed E-state index contributed by atoms with van der Waals surface area (Å²) in [5.74, 6) is -1.09. The van der Waals surface area contributed by atoms with Gasteiger partial charge < -0.3 is 15.6 Å². The molecule has 0 saturated carbocycles. The Hall–Kier alpha value is -3.45. The van der Waals surface area contributed by atoms with Gasteiger partial charge in [0, 0.05) is 40.5 Å². The highest BCUT2D eigenvalue weighted by molar-refractivity contribution is 7.09. The molecule has 3 N–H and O–H groups in total. The van der Waals surface area contributed by atoms with Crippen molar-refractivity contribution in [1.82, 2.24) is 15.6 Å². The number of H-pyrrole nitrogens is 1. The number of carbonyl (C=O) groups excluding carboxylic acids is 2. The van der Waals surface area contributed by atoms with Gasteiger partial charge in [0.1, 0.15) is 11.9 Å². The monoisotopic (exact) mass is 435 g/mol. The molecule has 2 aromatic heterocycles. The Labute approximate surface area is 183 Å². The number of para-hydroxylation sites is 1. The quantitative estimate of drug-likeness (QED) is 0.390. The second-order valence-electron chi connectivity index (χ2n) is 7.22. The van der Waals surface area contributed by atoms with Crippen LogP contribution in [-0.2, 0) is 17.6 Å². The number of nitrogens with one attached hydrogen (secondary N) is 3. The molecule has 0 saturated heterocycles. The van der Waals surface area contributed by atoms with Gasteiger partial charge in [-0.3, -0.25) is 9.59 Å². The topological polar surface area (TPSA) is 74.0 Å². The number of fused-ring (bicyclic) bond motifs is 1. The zero-order chi connectivity index (χ0) is 21.6. The fraction of sp³-hybridized carbons (Fsp3) is 0.167. The van der Waals surface area contributed by atoms with E-state index in [1.54, 1.807) is 11.3 Å². The Morgan fingerprint density at radius 2 is 1.84 bits per heavy atom. The van der Waals surface area contributed by atoms with Gasteiger partial charge in [0.15, 0.2) is 0 Å². The van der Waals surface area contributed by atoms with Crippen LogP contribution in [0.1, 0.15) is 20.8 Å². The molecule has 0 radical (unpaired) electrons. The lowest BCUT2D eigenvalue weighted by Gasteiger charge is -2.18. The van der Waals surface area contributed by atoms with E-state index in [2.05, 4.69) is 15.6 Å². The number of thiophene rings is 1. The van der Waals surface area contributed by atoms with Gasteiger partial charge in [-0.05, 0) is 53.8 Å². The van der Waals surface area contributed by atoms with Crippen LogP contribution >= 0.6 is 11.3 Å². The molecule has 5 nitrogen and oxygen atoms in total. The summed E-state index contributed by atoms with van der Waals surface area (Å²) < 4.78 is 13.2. The van der Waals surface area contributed by atoms with E-state index in [1.807, 2.05) is 48.0 Å². The normalized spacial score (nSPS) is 11.9. The Kier molecular flexibility index (Phi) is 6.43. The van der Waals surface area contributed by atoms with Crippen molar-refractivity contribution in [3.63, 3.8) is 0 Å². The van der Waals surface area contributed by atoms with Crippen LogP contribution in [-0.4, -0.2) is 29.4 Å². The molecule has 7 heteroatoms. The van der Waals surface area contributed by atoms with Crippen LogP contribution in [0.25, 0.3) is 10.9 Å². The summed E-state index contributed by atoms with van der Waals surface area (Å²) in [7, 11) is 0. The van der Waals surface area contributed by atoms with E-state index in [1.165, 1.54) is 29.1 Å². The molecule has 0 bridgehead atoms. The maximum atomic E-state index is 13.2. The highest BCUT2D eigenvalue weighted by Crippen LogP contribution is 2.19. The van der Waals surface area contributed by atoms with E-state index in [-0.39, 0.29) is 5.91 Å². The number of rotatable bonds is 8. The van der Waals surface area contributed by atoms with Crippen LogP contribution in [0.15, 0.2) is 72.2 Å². The van der Waals surface area contributed by atoms with E-state index in [9.17, 15) is 14.0 Å².